The molecule has 118 valence electrons. The summed E-state index contributed by atoms with van der Waals surface area (Å²) < 4.78 is 5.64. The van der Waals surface area contributed by atoms with Crippen molar-refractivity contribution in [1.82, 2.24) is 4.90 Å². The predicted molar refractivity (Wildman–Crippen MR) is 89.6 cm³/mol. The van der Waals surface area contributed by atoms with Gasteiger partial charge in [-0.15, -0.1) is 11.8 Å². The highest BCUT2D eigenvalue weighted by Crippen LogP contribution is 2.35. The van der Waals surface area contributed by atoms with E-state index >= 15 is 0 Å². The molecule has 1 aliphatic heterocycles. The molecule has 2 rings (SSSR count). The van der Waals surface area contributed by atoms with E-state index in [0.29, 0.717) is 23.0 Å². The SMILES string of the molecule is CCSC1=C(c2ccc(OCC(C)C)cc2)C(=O)N(C)C1=O. The van der Waals surface area contributed by atoms with Crippen LogP contribution in [0.25, 0.3) is 5.57 Å². The molecule has 0 aromatic heterocycles. The Hall–Kier alpha value is -1.75. The van der Waals surface area contributed by atoms with E-state index in [0.717, 1.165) is 17.1 Å². The Kier molecular flexibility index (Phi) is 5.29. The van der Waals surface area contributed by atoms with E-state index in [2.05, 4.69) is 13.8 Å². The Bertz CT molecular complexity index is 605. The number of carbonyl (C=O) groups excluding carboxylic acids is 2. The maximum atomic E-state index is 12.3. The van der Waals surface area contributed by atoms with Crippen LogP contribution in [0.4, 0.5) is 0 Å². The number of carbonyl (C=O) groups is 2. The highest BCUT2D eigenvalue weighted by Gasteiger charge is 2.36. The maximum absolute atomic E-state index is 12.3. The van der Waals surface area contributed by atoms with Crippen LogP contribution in [0.1, 0.15) is 26.3 Å². The van der Waals surface area contributed by atoms with E-state index in [1.165, 1.54) is 23.7 Å². The summed E-state index contributed by atoms with van der Waals surface area (Å²) in [5, 5.41) is 0. The van der Waals surface area contributed by atoms with Gasteiger partial charge in [-0.2, -0.15) is 0 Å². The Morgan fingerprint density at radius 1 is 1.14 bits per heavy atom. The number of rotatable bonds is 6. The smallest absolute Gasteiger partial charge is 0.267 e. The lowest BCUT2D eigenvalue weighted by Gasteiger charge is -2.10. The summed E-state index contributed by atoms with van der Waals surface area (Å²) in [7, 11) is 1.52. The largest absolute Gasteiger partial charge is 0.493 e. The maximum Gasteiger partial charge on any atom is 0.267 e. The van der Waals surface area contributed by atoms with Crippen molar-refractivity contribution in [1.29, 1.82) is 0 Å². The number of hydrogen-bond donors (Lipinski definition) is 0. The summed E-state index contributed by atoms with van der Waals surface area (Å²) in [4.78, 5) is 26.1. The molecule has 5 heteroatoms. The van der Waals surface area contributed by atoms with Crippen molar-refractivity contribution in [2.24, 2.45) is 5.92 Å². The zero-order valence-electron chi connectivity index (χ0n) is 13.4. The Balaban J connectivity index is 2.29. The van der Waals surface area contributed by atoms with Gasteiger partial charge in [-0.3, -0.25) is 14.5 Å². The van der Waals surface area contributed by atoms with Crippen molar-refractivity contribution in [3.63, 3.8) is 0 Å². The average Bonchev–Trinajstić information content (AvgIpc) is 2.71. The van der Waals surface area contributed by atoms with Crippen LogP contribution in [0.2, 0.25) is 0 Å². The predicted octanol–water partition coefficient (Wildman–Crippen LogP) is 3.18. The van der Waals surface area contributed by atoms with Gasteiger partial charge < -0.3 is 4.74 Å². The van der Waals surface area contributed by atoms with Gasteiger partial charge in [-0.05, 0) is 29.4 Å². The van der Waals surface area contributed by atoms with Gasteiger partial charge in [0.15, 0.2) is 0 Å². The number of ether oxygens (including phenoxy) is 1. The van der Waals surface area contributed by atoms with Crippen LogP contribution < -0.4 is 4.74 Å². The molecule has 0 N–H and O–H groups in total. The van der Waals surface area contributed by atoms with Crippen molar-refractivity contribution in [3.8, 4) is 5.75 Å². The van der Waals surface area contributed by atoms with E-state index in [1.54, 1.807) is 0 Å². The molecule has 0 saturated heterocycles. The fraction of sp³-hybridized carbons (Fsp3) is 0.412. The van der Waals surface area contributed by atoms with Gasteiger partial charge in [0.25, 0.3) is 11.8 Å². The van der Waals surface area contributed by atoms with Gasteiger partial charge in [0.05, 0.1) is 17.1 Å². The lowest BCUT2D eigenvalue weighted by Crippen LogP contribution is -2.26. The molecule has 1 aliphatic rings. The van der Waals surface area contributed by atoms with Crippen molar-refractivity contribution >= 4 is 29.1 Å². The van der Waals surface area contributed by atoms with Crippen LogP contribution >= 0.6 is 11.8 Å². The fourth-order valence-corrected chi connectivity index (χ4v) is 3.03. The number of imide groups is 1. The van der Waals surface area contributed by atoms with Gasteiger partial charge in [0.1, 0.15) is 5.75 Å². The van der Waals surface area contributed by atoms with Crippen molar-refractivity contribution < 1.29 is 14.3 Å². The summed E-state index contributed by atoms with van der Waals surface area (Å²) >= 11 is 1.41. The first-order valence-electron chi connectivity index (χ1n) is 7.38. The van der Waals surface area contributed by atoms with Crippen LogP contribution in [-0.4, -0.2) is 36.1 Å². The van der Waals surface area contributed by atoms with E-state index < -0.39 is 0 Å². The van der Waals surface area contributed by atoms with E-state index in [4.69, 9.17) is 4.74 Å². The van der Waals surface area contributed by atoms with E-state index in [9.17, 15) is 9.59 Å². The quantitative estimate of drug-likeness (QED) is 0.756. The highest BCUT2D eigenvalue weighted by atomic mass is 32.2. The molecular weight excluding hydrogens is 298 g/mol. The first kappa shape index (κ1) is 16.6. The van der Waals surface area contributed by atoms with Crippen LogP contribution in [0, 0.1) is 5.92 Å². The molecule has 2 amide bonds. The van der Waals surface area contributed by atoms with Crippen molar-refractivity contribution in [2.45, 2.75) is 20.8 Å². The fourth-order valence-electron chi connectivity index (χ4n) is 2.13. The molecule has 22 heavy (non-hydrogen) atoms. The average molecular weight is 319 g/mol. The van der Waals surface area contributed by atoms with Crippen LogP contribution in [0.5, 0.6) is 5.75 Å². The molecule has 0 saturated carbocycles. The Morgan fingerprint density at radius 3 is 2.32 bits per heavy atom. The monoisotopic (exact) mass is 319 g/mol. The first-order chi connectivity index (χ1) is 10.5. The van der Waals surface area contributed by atoms with Gasteiger partial charge in [0, 0.05) is 7.05 Å². The van der Waals surface area contributed by atoms with Gasteiger partial charge in [0.2, 0.25) is 0 Å². The van der Waals surface area contributed by atoms with Crippen LogP contribution in [0.3, 0.4) is 0 Å². The molecule has 0 unspecified atom stereocenters. The second-order valence-corrected chi connectivity index (χ2v) is 6.81. The van der Waals surface area contributed by atoms with Crippen molar-refractivity contribution in [3.05, 3.63) is 34.7 Å². The number of amides is 2. The number of hydrogen-bond acceptors (Lipinski definition) is 4. The number of nitrogens with zero attached hydrogens (tertiary/aromatic N) is 1. The topological polar surface area (TPSA) is 46.6 Å². The Labute approximate surface area is 135 Å². The summed E-state index contributed by atoms with van der Waals surface area (Å²) in [6, 6.07) is 7.36. The third-order valence-electron chi connectivity index (χ3n) is 3.26. The normalized spacial score (nSPS) is 15.2. The molecule has 4 nitrogen and oxygen atoms in total. The zero-order valence-corrected chi connectivity index (χ0v) is 14.2. The molecule has 1 heterocycles. The van der Waals surface area contributed by atoms with Crippen LogP contribution in [0.15, 0.2) is 29.2 Å². The Morgan fingerprint density at radius 2 is 1.77 bits per heavy atom. The second-order valence-electron chi connectivity index (χ2n) is 5.54. The standard InChI is InChI=1S/C17H21NO3S/c1-5-22-15-14(16(19)18(4)17(15)20)12-6-8-13(9-7-12)21-10-11(2)3/h6-9,11H,5,10H2,1-4H3. The molecule has 0 spiro atoms. The molecular formula is C17H21NO3S. The molecule has 0 bridgehead atoms. The first-order valence-corrected chi connectivity index (χ1v) is 8.37. The van der Waals surface area contributed by atoms with Gasteiger partial charge in [-0.25, -0.2) is 0 Å². The summed E-state index contributed by atoms with van der Waals surface area (Å²) in [6.45, 7) is 6.80. The zero-order chi connectivity index (χ0) is 16.3. The molecule has 0 aliphatic carbocycles. The minimum absolute atomic E-state index is 0.216. The third kappa shape index (κ3) is 3.35. The molecule has 0 atom stereocenters. The number of likely N-dealkylation sites (N-methyl/N-ethyl adjacent to an activating group) is 1. The molecule has 0 radical (unpaired) electrons. The second kappa shape index (κ2) is 7.01. The van der Waals surface area contributed by atoms with E-state index in [1.807, 2.05) is 31.2 Å². The summed E-state index contributed by atoms with van der Waals surface area (Å²) in [5.41, 5.74) is 1.25. The lowest BCUT2D eigenvalue weighted by molar-refractivity contribution is -0.134. The minimum Gasteiger partial charge on any atom is -0.493 e. The summed E-state index contributed by atoms with van der Waals surface area (Å²) in [5.74, 6) is 1.52. The number of thioether (sulfide) groups is 1. The van der Waals surface area contributed by atoms with Crippen molar-refractivity contribution in [2.75, 3.05) is 19.4 Å². The van der Waals surface area contributed by atoms with Gasteiger partial charge >= 0.3 is 0 Å². The minimum atomic E-state index is -0.239. The van der Waals surface area contributed by atoms with Crippen LogP contribution in [-0.2, 0) is 9.59 Å². The number of benzene rings is 1. The molecule has 1 aromatic carbocycles. The highest BCUT2D eigenvalue weighted by molar-refractivity contribution is 8.04. The molecule has 1 aromatic rings. The summed E-state index contributed by atoms with van der Waals surface area (Å²) in [6.07, 6.45) is 0. The molecule has 0 fully saturated rings. The third-order valence-corrected chi connectivity index (χ3v) is 4.22. The lowest BCUT2D eigenvalue weighted by atomic mass is 10.1. The van der Waals surface area contributed by atoms with E-state index in [-0.39, 0.29) is 11.8 Å². The van der Waals surface area contributed by atoms with Gasteiger partial charge in [-0.1, -0.05) is 32.9 Å².